The molecule has 0 aromatic heterocycles. The summed E-state index contributed by atoms with van der Waals surface area (Å²) in [4.78, 5) is 2.36. The van der Waals surface area contributed by atoms with Crippen LogP contribution in [0.4, 0.5) is 0 Å². The highest BCUT2D eigenvalue weighted by molar-refractivity contribution is 6.18. The smallest absolute Gasteiger partial charge is 0.0351 e. The largest absolute Gasteiger partial charge is 0.301 e. The summed E-state index contributed by atoms with van der Waals surface area (Å²) in [6, 6.07) is 0. The summed E-state index contributed by atoms with van der Waals surface area (Å²) < 4.78 is 0. The highest BCUT2D eigenvalue weighted by Gasteiger charge is 2.23. The van der Waals surface area contributed by atoms with Crippen LogP contribution in [0.2, 0.25) is 0 Å². The molecule has 0 saturated heterocycles. The molecule has 0 atom stereocenters. The minimum Gasteiger partial charge on any atom is -0.301 e. The van der Waals surface area contributed by atoms with Crippen molar-refractivity contribution in [2.24, 2.45) is 5.92 Å². The molecule has 0 unspecified atom stereocenters. The second kappa shape index (κ2) is 5.23. The van der Waals surface area contributed by atoms with E-state index in [1.54, 1.807) is 0 Å². The number of hydrogen-bond donors (Lipinski definition) is 0. The van der Waals surface area contributed by atoms with E-state index < -0.39 is 0 Å². The maximum absolute atomic E-state index is 5.65. The van der Waals surface area contributed by atoms with Crippen LogP contribution in [-0.4, -0.2) is 36.3 Å². The monoisotopic (exact) mass is 195 g/mol. The number of hydrogen-bond acceptors (Lipinski definition) is 1. The zero-order chi connectivity index (χ0) is 8.10. The summed E-state index contributed by atoms with van der Waals surface area (Å²) >= 11 is 11.3. The van der Waals surface area contributed by atoms with Crippen LogP contribution in [0, 0.1) is 5.92 Å². The van der Waals surface area contributed by atoms with Crippen LogP contribution in [0.25, 0.3) is 0 Å². The Morgan fingerprint density at radius 2 is 1.64 bits per heavy atom. The van der Waals surface area contributed by atoms with Gasteiger partial charge in [-0.1, -0.05) is 0 Å². The fraction of sp³-hybridized carbons (Fsp3) is 1.00. The lowest BCUT2D eigenvalue weighted by atomic mass is 10.3. The molecule has 1 aliphatic rings. The molecule has 1 rings (SSSR count). The van der Waals surface area contributed by atoms with E-state index in [1.165, 1.54) is 19.4 Å². The Hall–Kier alpha value is 0.540. The first kappa shape index (κ1) is 9.63. The average molecular weight is 196 g/mol. The van der Waals surface area contributed by atoms with Crippen LogP contribution in [0.5, 0.6) is 0 Å². The predicted molar refractivity (Wildman–Crippen MR) is 50.6 cm³/mol. The lowest BCUT2D eigenvalue weighted by Gasteiger charge is -2.19. The fourth-order valence-electron chi connectivity index (χ4n) is 1.20. The Kier molecular flexibility index (Phi) is 4.58. The van der Waals surface area contributed by atoms with Gasteiger partial charge in [0.2, 0.25) is 0 Å². The molecule has 0 radical (unpaired) electrons. The third-order valence-corrected chi connectivity index (χ3v) is 2.35. The summed E-state index contributed by atoms with van der Waals surface area (Å²) in [5, 5.41) is 0. The van der Waals surface area contributed by atoms with Crippen molar-refractivity contribution >= 4 is 23.2 Å². The van der Waals surface area contributed by atoms with Gasteiger partial charge in [-0.15, -0.1) is 23.2 Å². The molecule has 0 bridgehead atoms. The van der Waals surface area contributed by atoms with Gasteiger partial charge in [0.15, 0.2) is 0 Å². The quantitative estimate of drug-likeness (QED) is 0.588. The van der Waals surface area contributed by atoms with E-state index in [9.17, 15) is 0 Å². The molecule has 66 valence electrons. The van der Waals surface area contributed by atoms with E-state index in [1.807, 2.05) is 0 Å². The van der Waals surface area contributed by atoms with Crippen molar-refractivity contribution in [1.82, 2.24) is 4.90 Å². The molecule has 1 fully saturated rings. The standard InChI is InChI=1S/C8H15Cl2N/c9-3-5-11(6-4-10)7-8-1-2-8/h8H,1-7H2. The molecule has 1 saturated carbocycles. The first-order chi connectivity index (χ1) is 5.36. The number of halogens is 2. The van der Waals surface area contributed by atoms with Crippen molar-refractivity contribution in [3.63, 3.8) is 0 Å². The zero-order valence-corrected chi connectivity index (χ0v) is 8.24. The number of alkyl halides is 2. The van der Waals surface area contributed by atoms with Gasteiger partial charge in [0.25, 0.3) is 0 Å². The second-order valence-corrected chi connectivity index (χ2v) is 3.88. The minimum absolute atomic E-state index is 0.726. The molecule has 3 heteroatoms. The van der Waals surface area contributed by atoms with Crippen LogP contribution in [-0.2, 0) is 0 Å². The molecular weight excluding hydrogens is 181 g/mol. The molecule has 0 amide bonds. The van der Waals surface area contributed by atoms with Crippen LogP contribution < -0.4 is 0 Å². The molecule has 0 heterocycles. The van der Waals surface area contributed by atoms with Gasteiger partial charge in [0.05, 0.1) is 0 Å². The first-order valence-electron chi connectivity index (χ1n) is 4.21. The topological polar surface area (TPSA) is 3.24 Å². The molecule has 1 aliphatic carbocycles. The maximum Gasteiger partial charge on any atom is 0.0351 e. The van der Waals surface area contributed by atoms with E-state index >= 15 is 0 Å². The highest BCUT2D eigenvalue weighted by Crippen LogP contribution is 2.29. The van der Waals surface area contributed by atoms with Crippen LogP contribution in [0.15, 0.2) is 0 Å². The minimum atomic E-state index is 0.726. The third kappa shape index (κ3) is 4.19. The lowest BCUT2D eigenvalue weighted by molar-refractivity contribution is 0.295. The Morgan fingerprint density at radius 1 is 1.09 bits per heavy atom. The van der Waals surface area contributed by atoms with Crippen LogP contribution in [0.3, 0.4) is 0 Å². The average Bonchev–Trinajstić information content (AvgIpc) is 2.73. The fourth-order valence-corrected chi connectivity index (χ4v) is 1.68. The summed E-state index contributed by atoms with van der Waals surface area (Å²) in [6.07, 6.45) is 2.81. The number of rotatable bonds is 6. The Labute approximate surface area is 78.7 Å². The molecule has 0 aromatic carbocycles. The Bertz CT molecular complexity index is 98.3. The third-order valence-electron chi connectivity index (χ3n) is 2.01. The SMILES string of the molecule is ClCCN(CCCl)CC1CC1. The molecule has 1 nitrogen and oxygen atoms in total. The van der Waals surface area contributed by atoms with Crippen molar-refractivity contribution in [2.75, 3.05) is 31.4 Å². The molecule has 0 aromatic rings. The van der Waals surface area contributed by atoms with E-state index in [2.05, 4.69) is 4.90 Å². The zero-order valence-electron chi connectivity index (χ0n) is 6.73. The molecule has 11 heavy (non-hydrogen) atoms. The van der Waals surface area contributed by atoms with Crippen LogP contribution in [0.1, 0.15) is 12.8 Å². The van der Waals surface area contributed by atoms with Gasteiger partial charge >= 0.3 is 0 Å². The Balaban J connectivity index is 2.08. The van der Waals surface area contributed by atoms with Gasteiger partial charge in [-0.3, -0.25) is 0 Å². The van der Waals surface area contributed by atoms with E-state index in [0.717, 1.165) is 30.8 Å². The normalized spacial score (nSPS) is 17.7. The summed E-state index contributed by atoms with van der Waals surface area (Å²) in [5.74, 6) is 2.40. The summed E-state index contributed by atoms with van der Waals surface area (Å²) in [7, 11) is 0. The summed E-state index contributed by atoms with van der Waals surface area (Å²) in [6.45, 7) is 3.19. The maximum atomic E-state index is 5.65. The van der Waals surface area contributed by atoms with Crippen molar-refractivity contribution < 1.29 is 0 Å². The van der Waals surface area contributed by atoms with E-state index in [-0.39, 0.29) is 0 Å². The van der Waals surface area contributed by atoms with Crippen molar-refractivity contribution in [2.45, 2.75) is 12.8 Å². The molecule has 0 N–H and O–H groups in total. The highest BCUT2D eigenvalue weighted by atomic mass is 35.5. The van der Waals surface area contributed by atoms with E-state index in [0.29, 0.717) is 0 Å². The Morgan fingerprint density at radius 3 is 2.00 bits per heavy atom. The summed E-state index contributed by atoms with van der Waals surface area (Å²) in [5.41, 5.74) is 0. The van der Waals surface area contributed by atoms with Gasteiger partial charge in [-0.05, 0) is 18.8 Å². The van der Waals surface area contributed by atoms with Crippen molar-refractivity contribution in [3.05, 3.63) is 0 Å². The van der Waals surface area contributed by atoms with Gasteiger partial charge in [-0.25, -0.2) is 0 Å². The molecular formula is C8H15Cl2N. The molecule has 0 spiro atoms. The van der Waals surface area contributed by atoms with Gasteiger partial charge < -0.3 is 4.90 Å². The first-order valence-corrected chi connectivity index (χ1v) is 5.28. The lowest BCUT2D eigenvalue weighted by Crippen LogP contribution is -2.29. The van der Waals surface area contributed by atoms with Crippen molar-refractivity contribution in [1.29, 1.82) is 0 Å². The van der Waals surface area contributed by atoms with Crippen molar-refractivity contribution in [3.8, 4) is 0 Å². The second-order valence-electron chi connectivity index (χ2n) is 3.12. The van der Waals surface area contributed by atoms with Gasteiger partial charge in [0, 0.05) is 31.4 Å². The number of nitrogens with zero attached hydrogens (tertiary/aromatic N) is 1. The van der Waals surface area contributed by atoms with Gasteiger partial charge in [-0.2, -0.15) is 0 Å². The van der Waals surface area contributed by atoms with E-state index in [4.69, 9.17) is 23.2 Å². The molecule has 0 aliphatic heterocycles. The van der Waals surface area contributed by atoms with Crippen LogP contribution >= 0.6 is 23.2 Å². The van der Waals surface area contributed by atoms with Gasteiger partial charge in [0.1, 0.15) is 0 Å². The predicted octanol–water partition coefficient (Wildman–Crippen LogP) is 2.18.